The molecular formula is C17H17N3. The van der Waals surface area contributed by atoms with Gasteiger partial charge in [0.2, 0.25) is 0 Å². The van der Waals surface area contributed by atoms with Crippen LogP contribution in [0.15, 0.2) is 54.6 Å². The van der Waals surface area contributed by atoms with E-state index in [4.69, 9.17) is 0 Å². The smallest absolute Gasteiger partial charge is 0.142 e. The summed E-state index contributed by atoms with van der Waals surface area (Å²) in [4.78, 5) is 9.30. The fourth-order valence-electron chi connectivity index (χ4n) is 2.11. The number of rotatable bonds is 3. The largest absolute Gasteiger partial charge is 0.340 e. The molecule has 1 heterocycles. The van der Waals surface area contributed by atoms with E-state index in [0.717, 1.165) is 28.2 Å². The highest BCUT2D eigenvalue weighted by molar-refractivity contribution is 5.90. The van der Waals surface area contributed by atoms with Gasteiger partial charge in [-0.3, -0.25) is 0 Å². The fourth-order valence-corrected chi connectivity index (χ4v) is 2.11. The van der Waals surface area contributed by atoms with E-state index in [9.17, 15) is 0 Å². The average molecular weight is 263 g/mol. The normalized spacial score (nSPS) is 10.9. The second-order valence-corrected chi connectivity index (χ2v) is 5.09. The lowest BCUT2D eigenvalue weighted by atomic mass is 10.1. The molecule has 0 amide bonds. The molecule has 0 unspecified atom stereocenters. The molecule has 3 aromatic rings. The maximum Gasteiger partial charge on any atom is 0.142 e. The van der Waals surface area contributed by atoms with Gasteiger partial charge < -0.3 is 5.32 Å². The highest BCUT2D eigenvalue weighted by Gasteiger charge is 2.10. The molecule has 0 spiro atoms. The van der Waals surface area contributed by atoms with E-state index in [0.29, 0.717) is 5.92 Å². The van der Waals surface area contributed by atoms with Crippen molar-refractivity contribution in [2.24, 2.45) is 0 Å². The number of hydrogen-bond acceptors (Lipinski definition) is 3. The van der Waals surface area contributed by atoms with Crippen molar-refractivity contribution in [2.75, 3.05) is 5.32 Å². The third kappa shape index (κ3) is 2.48. The zero-order valence-electron chi connectivity index (χ0n) is 11.7. The lowest BCUT2D eigenvalue weighted by Gasteiger charge is -2.12. The number of aromatic nitrogens is 2. The Morgan fingerprint density at radius 1 is 0.850 bits per heavy atom. The Morgan fingerprint density at radius 2 is 1.55 bits per heavy atom. The average Bonchev–Trinajstić information content (AvgIpc) is 2.48. The quantitative estimate of drug-likeness (QED) is 0.756. The van der Waals surface area contributed by atoms with Gasteiger partial charge in [0, 0.05) is 17.0 Å². The predicted octanol–water partition coefficient (Wildman–Crippen LogP) is 4.50. The fraction of sp³-hybridized carbons (Fsp3) is 0.176. The molecule has 0 atom stereocenters. The van der Waals surface area contributed by atoms with Crippen LogP contribution in [0.5, 0.6) is 0 Å². The second-order valence-electron chi connectivity index (χ2n) is 5.09. The second kappa shape index (κ2) is 5.29. The molecule has 3 rings (SSSR count). The van der Waals surface area contributed by atoms with Gasteiger partial charge in [-0.1, -0.05) is 44.2 Å². The first-order valence-corrected chi connectivity index (χ1v) is 6.83. The molecule has 1 N–H and O–H groups in total. The zero-order valence-corrected chi connectivity index (χ0v) is 11.7. The van der Waals surface area contributed by atoms with Gasteiger partial charge in [0.25, 0.3) is 0 Å². The summed E-state index contributed by atoms with van der Waals surface area (Å²) < 4.78 is 0. The summed E-state index contributed by atoms with van der Waals surface area (Å²) in [6.45, 7) is 4.22. The van der Waals surface area contributed by atoms with Crippen molar-refractivity contribution in [1.82, 2.24) is 9.97 Å². The van der Waals surface area contributed by atoms with Crippen molar-refractivity contribution in [3.05, 3.63) is 60.4 Å². The number of fused-ring (bicyclic) bond motifs is 1. The van der Waals surface area contributed by atoms with E-state index in [2.05, 4.69) is 29.1 Å². The molecule has 2 aromatic carbocycles. The third-order valence-corrected chi connectivity index (χ3v) is 3.17. The molecule has 100 valence electrons. The highest BCUT2D eigenvalue weighted by Crippen LogP contribution is 2.25. The van der Waals surface area contributed by atoms with E-state index in [1.807, 2.05) is 54.6 Å². The maximum atomic E-state index is 4.67. The molecule has 0 saturated heterocycles. The number of nitrogens with one attached hydrogen (secondary N) is 1. The number of benzene rings is 2. The Hall–Kier alpha value is -2.42. The molecule has 3 nitrogen and oxygen atoms in total. The van der Waals surface area contributed by atoms with Gasteiger partial charge in [-0.25, -0.2) is 9.97 Å². The van der Waals surface area contributed by atoms with Gasteiger partial charge in [0.1, 0.15) is 11.6 Å². The Labute approximate surface area is 118 Å². The molecule has 0 saturated carbocycles. The first-order valence-electron chi connectivity index (χ1n) is 6.83. The molecule has 0 aliphatic carbocycles. The molecule has 0 radical (unpaired) electrons. The van der Waals surface area contributed by atoms with Crippen LogP contribution in [-0.4, -0.2) is 9.97 Å². The minimum Gasteiger partial charge on any atom is -0.340 e. The number of nitrogens with zero attached hydrogens (tertiary/aromatic N) is 2. The summed E-state index contributed by atoms with van der Waals surface area (Å²) in [6, 6.07) is 18.2. The monoisotopic (exact) mass is 263 g/mol. The minimum atomic E-state index is 0.302. The summed E-state index contributed by atoms with van der Waals surface area (Å²) in [7, 11) is 0. The van der Waals surface area contributed by atoms with Gasteiger partial charge in [-0.2, -0.15) is 0 Å². The molecule has 3 heteroatoms. The van der Waals surface area contributed by atoms with Crippen LogP contribution in [0.1, 0.15) is 25.6 Å². The summed E-state index contributed by atoms with van der Waals surface area (Å²) in [6.07, 6.45) is 0. The first-order chi connectivity index (χ1) is 9.74. The van der Waals surface area contributed by atoms with E-state index in [1.54, 1.807) is 0 Å². The van der Waals surface area contributed by atoms with E-state index in [1.165, 1.54) is 0 Å². The van der Waals surface area contributed by atoms with Crippen LogP contribution in [0.3, 0.4) is 0 Å². The van der Waals surface area contributed by atoms with Crippen LogP contribution in [-0.2, 0) is 0 Å². The lowest BCUT2D eigenvalue weighted by molar-refractivity contribution is 0.785. The standard InChI is InChI=1S/C17H17N3/c1-12(2)16-19-15-11-7-6-10-14(15)17(20-16)18-13-8-4-3-5-9-13/h3-12H,1-2H3,(H,18,19,20). The highest BCUT2D eigenvalue weighted by atomic mass is 15.0. The van der Waals surface area contributed by atoms with Gasteiger partial charge in [-0.05, 0) is 24.3 Å². The van der Waals surface area contributed by atoms with Crippen molar-refractivity contribution < 1.29 is 0 Å². The van der Waals surface area contributed by atoms with Crippen molar-refractivity contribution >= 4 is 22.4 Å². The van der Waals surface area contributed by atoms with Crippen LogP contribution < -0.4 is 5.32 Å². The van der Waals surface area contributed by atoms with Crippen LogP contribution in [0, 0.1) is 0 Å². The number of anilines is 2. The zero-order chi connectivity index (χ0) is 13.9. The summed E-state index contributed by atoms with van der Waals surface area (Å²) in [5.74, 6) is 2.03. The molecule has 20 heavy (non-hydrogen) atoms. The van der Waals surface area contributed by atoms with Crippen molar-refractivity contribution in [3.63, 3.8) is 0 Å². The third-order valence-electron chi connectivity index (χ3n) is 3.17. The predicted molar refractivity (Wildman–Crippen MR) is 83.4 cm³/mol. The van der Waals surface area contributed by atoms with Gasteiger partial charge in [0.05, 0.1) is 5.52 Å². The van der Waals surface area contributed by atoms with Crippen LogP contribution in [0.2, 0.25) is 0 Å². The molecule has 0 fully saturated rings. The molecule has 0 bridgehead atoms. The number of para-hydroxylation sites is 2. The minimum absolute atomic E-state index is 0.302. The summed E-state index contributed by atoms with van der Waals surface area (Å²) in [5.41, 5.74) is 2.01. The first kappa shape index (κ1) is 12.6. The topological polar surface area (TPSA) is 37.8 Å². The van der Waals surface area contributed by atoms with Gasteiger partial charge in [-0.15, -0.1) is 0 Å². The van der Waals surface area contributed by atoms with Crippen LogP contribution >= 0.6 is 0 Å². The Bertz CT molecular complexity index is 721. The van der Waals surface area contributed by atoms with Crippen molar-refractivity contribution in [2.45, 2.75) is 19.8 Å². The van der Waals surface area contributed by atoms with Crippen molar-refractivity contribution in [3.8, 4) is 0 Å². The van der Waals surface area contributed by atoms with E-state index >= 15 is 0 Å². The van der Waals surface area contributed by atoms with Gasteiger partial charge >= 0.3 is 0 Å². The van der Waals surface area contributed by atoms with Crippen LogP contribution in [0.25, 0.3) is 10.9 Å². The summed E-state index contributed by atoms with van der Waals surface area (Å²) >= 11 is 0. The maximum absolute atomic E-state index is 4.67. The lowest BCUT2D eigenvalue weighted by Crippen LogP contribution is -2.03. The van der Waals surface area contributed by atoms with E-state index in [-0.39, 0.29) is 0 Å². The number of hydrogen-bond donors (Lipinski definition) is 1. The SMILES string of the molecule is CC(C)c1nc(Nc2ccccc2)c2ccccc2n1. The molecule has 1 aromatic heterocycles. The Kier molecular flexibility index (Phi) is 3.33. The molecule has 0 aliphatic rings. The Morgan fingerprint density at radius 3 is 2.30 bits per heavy atom. The van der Waals surface area contributed by atoms with Crippen molar-refractivity contribution in [1.29, 1.82) is 0 Å². The van der Waals surface area contributed by atoms with Crippen LogP contribution in [0.4, 0.5) is 11.5 Å². The Balaban J connectivity index is 2.12. The van der Waals surface area contributed by atoms with Gasteiger partial charge in [0.15, 0.2) is 0 Å². The summed E-state index contributed by atoms with van der Waals surface area (Å²) in [5, 5.41) is 4.43. The van der Waals surface area contributed by atoms with E-state index < -0.39 is 0 Å². The molecule has 0 aliphatic heterocycles. The molecular weight excluding hydrogens is 246 g/mol.